The molecule has 0 spiro atoms. The average molecular weight is 350 g/mol. The first-order valence-electron chi connectivity index (χ1n) is 8.49. The van der Waals surface area contributed by atoms with Gasteiger partial charge in [0.05, 0.1) is 7.11 Å². The first-order chi connectivity index (χ1) is 12.5. The van der Waals surface area contributed by atoms with Gasteiger partial charge >= 0.3 is 0 Å². The second kappa shape index (κ2) is 7.83. The average Bonchev–Trinajstić information content (AvgIpc) is 2.63. The number of phenolic OH excluding ortho intramolecular Hbond substituents is 3. The molecule has 26 heavy (non-hydrogen) atoms. The number of phenols is 3. The van der Waals surface area contributed by atoms with Gasteiger partial charge in [0.1, 0.15) is 23.0 Å². The minimum absolute atomic E-state index is 0.198. The van der Waals surface area contributed by atoms with Gasteiger partial charge in [0.2, 0.25) is 0 Å². The van der Waals surface area contributed by atoms with Crippen LogP contribution in [0.1, 0.15) is 22.3 Å². The fourth-order valence-corrected chi connectivity index (χ4v) is 3.04. The lowest BCUT2D eigenvalue weighted by molar-refractivity contribution is 0.405. The number of ether oxygens (including phenoxy) is 1. The van der Waals surface area contributed by atoms with Gasteiger partial charge in [0.25, 0.3) is 0 Å². The molecule has 0 aromatic heterocycles. The van der Waals surface area contributed by atoms with Crippen LogP contribution in [0.2, 0.25) is 0 Å². The summed E-state index contributed by atoms with van der Waals surface area (Å²) in [6.07, 6.45) is 2.01. The van der Waals surface area contributed by atoms with Gasteiger partial charge in [-0.15, -0.1) is 0 Å². The maximum absolute atomic E-state index is 10.5. The van der Waals surface area contributed by atoms with Gasteiger partial charge in [-0.2, -0.15) is 0 Å². The molecule has 0 aliphatic carbocycles. The molecule has 3 aromatic rings. The summed E-state index contributed by atoms with van der Waals surface area (Å²) in [6, 6.07) is 17.7. The highest BCUT2D eigenvalue weighted by Crippen LogP contribution is 2.31. The van der Waals surface area contributed by atoms with Gasteiger partial charge in [-0.25, -0.2) is 0 Å². The van der Waals surface area contributed by atoms with Crippen molar-refractivity contribution in [3.05, 3.63) is 82.9 Å². The monoisotopic (exact) mass is 350 g/mol. The molecule has 3 N–H and O–H groups in total. The summed E-state index contributed by atoms with van der Waals surface area (Å²) in [6.45, 7) is 0. The molecule has 4 heteroatoms. The van der Waals surface area contributed by atoms with Gasteiger partial charge in [-0.3, -0.25) is 0 Å². The molecule has 0 saturated carbocycles. The van der Waals surface area contributed by atoms with Crippen molar-refractivity contribution < 1.29 is 20.1 Å². The van der Waals surface area contributed by atoms with E-state index in [0.29, 0.717) is 18.6 Å². The molecule has 0 atom stereocenters. The van der Waals surface area contributed by atoms with Crippen LogP contribution in [0.5, 0.6) is 23.0 Å². The Morgan fingerprint density at radius 1 is 0.769 bits per heavy atom. The maximum Gasteiger partial charge on any atom is 0.123 e. The third-order valence-electron chi connectivity index (χ3n) is 4.44. The van der Waals surface area contributed by atoms with Gasteiger partial charge in [-0.1, -0.05) is 24.3 Å². The highest BCUT2D eigenvalue weighted by atomic mass is 16.5. The van der Waals surface area contributed by atoms with Crippen molar-refractivity contribution in [2.24, 2.45) is 0 Å². The number of aromatic hydroxyl groups is 3. The van der Waals surface area contributed by atoms with Crippen molar-refractivity contribution in [2.45, 2.75) is 19.3 Å². The number of rotatable bonds is 6. The third-order valence-corrected chi connectivity index (χ3v) is 4.44. The molecule has 0 radical (unpaired) electrons. The number of hydrogen-bond acceptors (Lipinski definition) is 4. The maximum atomic E-state index is 10.5. The SMILES string of the molecule is COc1cc(O)c(Cc2ccc(O)cc2)c(CCc2cccc(O)c2)c1. The minimum Gasteiger partial charge on any atom is -0.508 e. The van der Waals surface area contributed by atoms with Gasteiger partial charge in [-0.05, 0) is 59.9 Å². The first kappa shape index (κ1) is 17.7. The summed E-state index contributed by atoms with van der Waals surface area (Å²) >= 11 is 0. The van der Waals surface area contributed by atoms with Crippen LogP contribution in [0.4, 0.5) is 0 Å². The van der Waals surface area contributed by atoms with Crippen LogP contribution in [-0.4, -0.2) is 22.4 Å². The summed E-state index contributed by atoms with van der Waals surface area (Å²) in [5.41, 5.74) is 3.87. The van der Waals surface area contributed by atoms with Crippen molar-refractivity contribution in [1.29, 1.82) is 0 Å². The molecular formula is C22H22O4. The number of methoxy groups -OCH3 is 1. The summed E-state index contributed by atoms with van der Waals surface area (Å²) in [5, 5.41) is 29.6. The zero-order valence-electron chi connectivity index (χ0n) is 14.6. The molecule has 0 aliphatic rings. The van der Waals surface area contributed by atoms with Crippen LogP contribution in [0.25, 0.3) is 0 Å². The van der Waals surface area contributed by atoms with Crippen molar-refractivity contribution in [2.75, 3.05) is 7.11 Å². The van der Waals surface area contributed by atoms with Crippen LogP contribution < -0.4 is 4.74 Å². The quantitative estimate of drug-likeness (QED) is 0.623. The Hall–Kier alpha value is -3.14. The Morgan fingerprint density at radius 2 is 1.54 bits per heavy atom. The Bertz CT molecular complexity index is 885. The van der Waals surface area contributed by atoms with Crippen LogP contribution in [0.15, 0.2) is 60.7 Å². The summed E-state index contributed by atoms with van der Waals surface area (Å²) in [4.78, 5) is 0. The van der Waals surface area contributed by atoms with E-state index in [1.807, 2.05) is 30.3 Å². The number of aryl methyl sites for hydroxylation is 2. The van der Waals surface area contributed by atoms with E-state index >= 15 is 0 Å². The van der Waals surface area contributed by atoms with E-state index in [4.69, 9.17) is 4.74 Å². The topological polar surface area (TPSA) is 69.9 Å². The summed E-state index contributed by atoms with van der Waals surface area (Å²) in [7, 11) is 1.58. The van der Waals surface area contributed by atoms with E-state index in [0.717, 1.165) is 28.7 Å². The Labute approximate surface area is 153 Å². The largest absolute Gasteiger partial charge is 0.508 e. The molecule has 4 nitrogen and oxygen atoms in total. The fourth-order valence-electron chi connectivity index (χ4n) is 3.04. The highest BCUT2D eigenvalue weighted by Gasteiger charge is 2.12. The van der Waals surface area contributed by atoms with Crippen molar-refractivity contribution in [3.8, 4) is 23.0 Å². The third kappa shape index (κ3) is 4.28. The van der Waals surface area contributed by atoms with Gasteiger partial charge < -0.3 is 20.1 Å². The van der Waals surface area contributed by atoms with Crippen molar-refractivity contribution in [1.82, 2.24) is 0 Å². The molecule has 3 aromatic carbocycles. The molecule has 0 heterocycles. The molecule has 134 valence electrons. The lowest BCUT2D eigenvalue weighted by atomic mass is 9.94. The Kier molecular flexibility index (Phi) is 5.32. The second-order valence-corrected chi connectivity index (χ2v) is 6.30. The van der Waals surface area contributed by atoms with Crippen LogP contribution >= 0.6 is 0 Å². The number of hydrogen-bond donors (Lipinski definition) is 3. The van der Waals surface area contributed by atoms with E-state index < -0.39 is 0 Å². The van der Waals surface area contributed by atoms with Crippen LogP contribution in [-0.2, 0) is 19.3 Å². The highest BCUT2D eigenvalue weighted by molar-refractivity contribution is 5.48. The van der Waals surface area contributed by atoms with Crippen molar-refractivity contribution in [3.63, 3.8) is 0 Å². The molecule has 0 aliphatic heterocycles. The van der Waals surface area contributed by atoms with E-state index in [1.54, 1.807) is 37.4 Å². The number of benzene rings is 3. The van der Waals surface area contributed by atoms with E-state index in [-0.39, 0.29) is 17.2 Å². The smallest absolute Gasteiger partial charge is 0.123 e. The van der Waals surface area contributed by atoms with E-state index in [9.17, 15) is 15.3 Å². The van der Waals surface area contributed by atoms with E-state index in [2.05, 4.69) is 0 Å². The minimum atomic E-state index is 0.198. The Morgan fingerprint density at radius 3 is 2.23 bits per heavy atom. The Balaban J connectivity index is 1.88. The molecule has 0 amide bonds. The normalized spacial score (nSPS) is 10.7. The molecule has 0 saturated heterocycles. The molecule has 3 rings (SSSR count). The van der Waals surface area contributed by atoms with Gasteiger partial charge in [0.15, 0.2) is 0 Å². The zero-order valence-corrected chi connectivity index (χ0v) is 14.6. The van der Waals surface area contributed by atoms with Crippen molar-refractivity contribution >= 4 is 0 Å². The van der Waals surface area contributed by atoms with Crippen LogP contribution in [0.3, 0.4) is 0 Å². The van der Waals surface area contributed by atoms with E-state index in [1.165, 1.54) is 0 Å². The molecule has 0 bridgehead atoms. The lowest BCUT2D eigenvalue weighted by Gasteiger charge is -2.14. The zero-order chi connectivity index (χ0) is 18.5. The predicted octanol–water partition coefficient (Wildman–Crippen LogP) is 4.19. The van der Waals surface area contributed by atoms with Crippen LogP contribution in [0, 0.1) is 0 Å². The summed E-state index contributed by atoms with van der Waals surface area (Å²) < 4.78 is 5.29. The van der Waals surface area contributed by atoms with Gasteiger partial charge in [0, 0.05) is 18.1 Å². The first-order valence-corrected chi connectivity index (χ1v) is 8.49. The lowest BCUT2D eigenvalue weighted by Crippen LogP contribution is -2.00. The molecule has 0 fully saturated rings. The molecule has 0 unspecified atom stereocenters. The standard InChI is InChI=1S/C22H22O4/c1-26-20-13-17(8-5-15-3-2-4-19(24)11-15)21(22(25)14-20)12-16-6-9-18(23)10-7-16/h2-4,6-7,9-11,13-14,23-25H,5,8,12H2,1H3. The summed E-state index contributed by atoms with van der Waals surface area (Å²) in [5.74, 6) is 1.28. The second-order valence-electron chi connectivity index (χ2n) is 6.30. The predicted molar refractivity (Wildman–Crippen MR) is 101 cm³/mol. The fraction of sp³-hybridized carbons (Fsp3) is 0.182. The molecular weight excluding hydrogens is 328 g/mol.